The Morgan fingerprint density at radius 2 is 2.39 bits per heavy atom. The van der Waals surface area contributed by atoms with Gasteiger partial charge in [0.05, 0.1) is 11.5 Å². The van der Waals surface area contributed by atoms with Crippen molar-refractivity contribution >= 4 is 15.7 Å². The summed E-state index contributed by atoms with van der Waals surface area (Å²) in [5.41, 5.74) is 0. The predicted molar refractivity (Wildman–Crippen MR) is 64.5 cm³/mol. The molecule has 1 aliphatic rings. The van der Waals surface area contributed by atoms with Crippen LogP contribution in [0.25, 0.3) is 0 Å². The quantitative estimate of drug-likeness (QED) is 0.789. The number of nitrogens with one attached hydrogen (secondary N) is 1. The topological polar surface area (TPSA) is 94.0 Å². The molecule has 0 aliphatic carbocycles. The molecule has 18 heavy (non-hydrogen) atoms. The number of amides is 1. The van der Waals surface area contributed by atoms with Crippen molar-refractivity contribution in [2.45, 2.75) is 19.4 Å². The molecule has 1 aliphatic heterocycles. The number of sulfone groups is 1. The molecule has 0 aromatic carbocycles. The number of rotatable bonds is 4. The van der Waals surface area contributed by atoms with Crippen molar-refractivity contribution in [2.24, 2.45) is 5.92 Å². The molecular formula is C10H16N4O3S. The molecule has 1 aromatic heterocycles. The first kappa shape index (κ1) is 13.0. The number of hydrogen-bond donors (Lipinski definition) is 1. The Hall–Kier alpha value is -1.44. The van der Waals surface area contributed by atoms with E-state index in [4.69, 9.17) is 0 Å². The highest BCUT2D eigenvalue weighted by Crippen LogP contribution is 2.17. The molecule has 2 rings (SSSR count). The van der Waals surface area contributed by atoms with E-state index in [2.05, 4.69) is 15.4 Å². The Balaban J connectivity index is 1.82. The van der Waals surface area contributed by atoms with E-state index in [9.17, 15) is 13.2 Å². The summed E-state index contributed by atoms with van der Waals surface area (Å²) in [5.74, 6) is 0.253. The highest BCUT2D eigenvalue weighted by molar-refractivity contribution is 7.91. The molecule has 1 aromatic rings. The van der Waals surface area contributed by atoms with Gasteiger partial charge in [0.15, 0.2) is 9.84 Å². The van der Waals surface area contributed by atoms with Gasteiger partial charge < -0.3 is 5.32 Å². The zero-order chi connectivity index (χ0) is 13.2. The highest BCUT2D eigenvalue weighted by atomic mass is 32.2. The largest absolute Gasteiger partial charge is 0.354 e. The molecule has 7 nitrogen and oxygen atoms in total. The lowest BCUT2D eigenvalue weighted by molar-refractivity contribution is -0.124. The van der Waals surface area contributed by atoms with E-state index in [0.29, 0.717) is 13.0 Å². The number of carbonyl (C=O) groups excluding carboxylic acids is 1. The molecule has 0 bridgehead atoms. The van der Waals surface area contributed by atoms with E-state index in [0.717, 1.165) is 0 Å². The van der Waals surface area contributed by atoms with Crippen molar-refractivity contribution in [1.82, 2.24) is 20.1 Å². The number of nitrogens with zero attached hydrogens (tertiary/aromatic N) is 3. The third-order valence-electron chi connectivity index (χ3n) is 3.10. The molecule has 0 unspecified atom stereocenters. The minimum absolute atomic E-state index is 0.0295. The van der Waals surface area contributed by atoms with Gasteiger partial charge in [0.25, 0.3) is 0 Å². The van der Waals surface area contributed by atoms with Crippen molar-refractivity contribution in [3.63, 3.8) is 0 Å². The van der Waals surface area contributed by atoms with Crippen LogP contribution in [0.15, 0.2) is 12.7 Å². The summed E-state index contributed by atoms with van der Waals surface area (Å²) in [6.07, 6.45) is 3.47. The van der Waals surface area contributed by atoms with Gasteiger partial charge in [-0.15, -0.1) is 0 Å². The van der Waals surface area contributed by atoms with Crippen LogP contribution in [0.2, 0.25) is 0 Å². The van der Waals surface area contributed by atoms with Crippen LogP contribution in [0.4, 0.5) is 0 Å². The van der Waals surface area contributed by atoms with Gasteiger partial charge in [-0.3, -0.25) is 4.79 Å². The summed E-state index contributed by atoms with van der Waals surface area (Å²) < 4.78 is 24.0. The van der Waals surface area contributed by atoms with E-state index in [1.165, 1.54) is 17.3 Å². The Kier molecular flexibility index (Phi) is 3.65. The molecule has 0 radical (unpaired) electrons. The molecule has 2 heterocycles. The van der Waals surface area contributed by atoms with Crippen LogP contribution < -0.4 is 5.32 Å². The summed E-state index contributed by atoms with van der Waals surface area (Å²) in [4.78, 5) is 15.6. The maximum absolute atomic E-state index is 11.8. The van der Waals surface area contributed by atoms with Crippen molar-refractivity contribution in [3.05, 3.63) is 12.7 Å². The molecule has 2 atom stereocenters. The minimum atomic E-state index is -2.89. The lowest BCUT2D eigenvalue weighted by Crippen LogP contribution is -2.35. The molecule has 8 heteroatoms. The lowest BCUT2D eigenvalue weighted by Gasteiger charge is -2.14. The van der Waals surface area contributed by atoms with Crippen molar-refractivity contribution < 1.29 is 13.2 Å². The molecule has 1 N–H and O–H groups in total. The molecular weight excluding hydrogens is 256 g/mol. The monoisotopic (exact) mass is 272 g/mol. The van der Waals surface area contributed by atoms with Crippen LogP contribution >= 0.6 is 0 Å². The Bertz CT molecular complexity index is 511. The minimum Gasteiger partial charge on any atom is -0.354 e. The summed E-state index contributed by atoms with van der Waals surface area (Å²) in [7, 11) is -2.89. The van der Waals surface area contributed by atoms with E-state index in [-0.39, 0.29) is 23.3 Å². The fourth-order valence-electron chi connectivity index (χ4n) is 1.96. The normalized spacial score (nSPS) is 23.7. The molecule has 1 amide bonds. The van der Waals surface area contributed by atoms with Gasteiger partial charge in [0.1, 0.15) is 18.7 Å². The lowest BCUT2D eigenvalue weighted by atomic mass is 10.1. The summed E-state index contributed by atoms with van der Waals surface area (Å²) >= 11 is 0. The average molecular weight is 272 g/mol. The van der Waals surface area contributed by atoms with Gasteiger partial charge in [-0.1, -0.05) is 0 Å². The molecule has 0 spiro atoms. The molecule has 0 saturated carbocycles. The van der Waals surface area contributed by atoms with E-state index >= 15 is 0 Å². The van der Waals surface area contributed by atoms with Gasteiger partial charge in [0, 0.05) is 6.54 Å². The first-order valence-electron chi connectivity index (χ1n) is 5.80. The van der Waals surface area contributed by atoms with E-state index < -0.39 is 15.9 Å². The van der Waals surface area contributed by atoms with Gasteiger partial charge in [0.2, 0.25) is 5.91 Å². The number of hydrogen-bond acceptors (Lipinski definition) is 5. The number of carbonyl (C=O) groups is 1. The van der Waals surface area contributed by atoms with Crippen LogP contribution in [0.1, 0.15) is 19.4 Å². The fourth-order valence-corrected chi connectivity index (χ4v) is 3.83. The zero-order valence-corrected chi connectivity index (χ0v) is 10.9. The second-order valence-corrected chi connectivity index (χ2v) is 6.79. The molecule has 100 valence electrons. The van der Waals surface area contributed by atoms with Crippen molar-refractivity contribution in [3.8, 4) is 0 Å². The van der Waals surface area contributed by atoms with Crippen LogP contribution in [0.3, 0.4) is 0 Å². The summed E-state index contributed by atoms with van der Waals surface area (Å²) in [6.45, 7) is 2.12. The Morgan fingerprint density at radius 1 is 1.61 bits per heavy atom. The molecule has 1 fully saturated rings. The molecule has 1 saturated heterocycles. The van der Waals surface area contributed by atoms with Crippen LogP contribution in [-0.2, 0) is 14.6 Å². The average Bonchev–Trinajstić information content (AvgIpc) is 2.94. The second-order valence-electron chi connectivity index (χ2n) is 4.57. The van der Waals surface area contributed by atoms with Gasteiger partial charge in [-0.2, -0.15) is 5.10 Å². The van der Waals surface area contributed by atoms with Crippen LogP contribution in [0.5, 0.6) is 0 Å². The fraction of sp³-hybridized carbons (Fsp3) is 0.700. The third kappa shape index (κ3) is 3.06. The Morgan fingerprint density at radius 3 is 2.94 bits per heavy atom. The maximum Gasteiger partial charge on any atom is 0.244 e. The van der Waals surface area contributed by atoms with Crippen molar-refractivity contribution in [1.29, 1.82) is 0 Å². The van der Waals surface area contributed by atoms with Gasteiger partial charge >= 0.3 is 0 Å². The van der Waals surface area contributed by atoms with E-state index in [1.54, 1.807) is 6.92 Å². The van der Waals surface area contributed by atoms with Gasteiger partial charge in [-0.25, -0.2) is 18.1 Å². The van der Waals surface area contributed by atoms with Crippen LogP contribution in [0, 0.1) is 5.92 Å². The van der Waals surface area contributed by atoms with Crippen LogP contribution in [-0.4, -0.2) is 47.1 Å². The predicted octanol–water partition coefficient (Wildman–Crippen LogP) is -0.610. The summed E-state index contributed by atoms with van der Waals surface area (Å²) in [5, 5.41) is 6.65. The number of aromatic nitrogens is 3. The summed E-state index contributed by atoms with van der Waals surface area (Å²) in [6, 6.07) is -0.439. The SMILES string of the molecule is C[C@H](C(=O)NC[C@@H]1CCS(=O)(=O)C1)n1cncn1. The van der Waals surface area contributed by atoms with Gasteiger partial charge in [-0.05, 0) is 19.3 Å². The van der Waals surface area contributed by atoms with Crippen molar-refractivity contribution in [2.75, 3.05) is 18.1 Å². The third-order valence-corrected chi connectivity index (χ3v) is 4.94. The van der Waals surface area contributed by atoms with E-state index in [1.807, 2.05) is 0 Å². The first-order valence-corrected chi connectivity index (χ1v) is 7.62. The standard InChI is InChI=1S/C10H16N4O3S/c1-8(14-7-11-6-13-14)10(15)12-4-9-2-3-18(16,17)5-9/h6-9H,2-5H2,1H3,(H,12,15)/t8-,9+/m1/s1. The zero-order valence-electron chi connectivity index (χ0n) is 10.1. The maximum atomic E-state index is 11.8. The first-order chi connectivity index (χ1) is 8.48. The Labute approximate surface area is 106 Å². The smallest absolute Gasteiger partial charge is 0.244 e. The second kappa shape index (κ2) is 5.05. The highest BCUT2D eigenvalue weighted by Gasteiger charge is 2.28.